The molecule has 0 amide bonds. The third-order valence-corrected chi connectivity index (χ3v) is 19.5. The van der Waals surface area contributed by atoms with E-state index in [0.29, 0.717) is 31.7 Å². The van der Waals surface area contributed by atoms with Crippen molar-refractivity contribution in [1.29, 1.82) is 0 Å². The van der Waals surface area contributed by atoms with Gasteiger partial charge in [-0.3, -0.25) is 0 Å². The smallest absolute Gasteiger partial charge is 0.252 e. The van der Waals surface area contributed by atoms with E-state index in [1.54, 1.807) is 56.8 Å². The average molecular weight is 1750 g/mol. The number of alkyl halides is 5. The third-order valence-electron chi connectivity index (χ3n) is 14.6. The number of nitrogens with one attached hydrogen (secondary N) is 14. The Morgan fingerprint density at radius 3 is 0.836 bits per heavy atom. The van der Waals surface area contributed by atoms with Crippen molar-refractivity contribution >= 4 is 94.1 Å². The molecule has 3 aliphatic carbocycles. The normalized spacial score (nSPS) is 15.5. The second kappa shape index (κ2) is 134. The molecule has 3 saturated carbocycles. The molecule has 0 aromatic rings. The molecule has 0 radical (unpaired) electrons. The molecule has 3 aliphatic rings. The van der Waals surface area contributed by atoms with E-state index in [2.05, 4.69) is 152 Å². The van der Waals surface area contributed by atoms with Crippen LogP contribution in [0.5, 0.6) is 0 Å². The standard InChI is InChI=1S/C7H13F2N.C7H14FN.C6H11F2N.3C6H15NO2.2C6H15NS2.2C5H13NS.C5H13N.2C4H11NS.C4H11N/c1-10-5-6-3-2-4-7(6,8)9;1-9-5-6-3-2-4-7(6)8;1-9-5-2-3-6(7,8)4-5;5*1-8-5-3-7-4-6-9-2;2*1-3-6-4-5-7-2;1-3-4-5-6-2;2*1-5-3-4-6-2;1-3-4-5-2/h6,10H,2-5H2,1H3;6-7,9H,2-5H2,1H3;5,9H,2-4H2,1H3;5*7H,3-6H2,1-2H3;2*6H,3-5H2,1-2H3;6H,3-5H2,1-2H3;2*5H,3-4H2,1-2H3;5H,3-4H2,1-2H3. The van der Waals surface area contributed by atoms with Gasteiger partial charge < -0.3 is 103 Å². The second-order valence-corrected chi connectivity index (χ2v) is 32.3. The van der Waals surface area contributed by atoms with Crippen molar-refractivity contribution < 1.29 is 50.4 Å². The summed E-state index contributed by atoms with van der Waals surface area (Å²) >= 11 is 15.0. The van der Waals surface area contributed by atoms with Crippen molar-refractivity contribution in [2.24, 2.45) is 11.8 Å². The Morgan fingerprint density at radius 2 is 0.655 bits per heavy atom. The summed E-state index contributed by atoms with van der Waals surface area (Å²) in [5.41, 5.74) is 0. The molecule has 0 aromatic heterocycles. The molecule has 0 bridgehead atoms. The lowest BCUT2D eigenvalue weighted by Crippen LogP contribution is -2.30. The van der Waals surface area contributed by atoms with Crippen LogP contribution in [0, 0.1) is 11.8 Å². The summed E-state index contributed by atoms with van der Waals surface area (Å²) in [4.78, 5) is 0. The molecule has 4 atom stereocenters. The molecule has 3 rings (SSSR count). The zero-order valence-corrected chi connectivity index (χ0v) is 82.0. The molecule has 0 aliphatic heterocycles. The minimum Gasteiger partial charge on any atom is -0.383 e. The number of thioether (sulfide) groups is 8. The van der Waals surface area contributed by atoms with Gasteiger partial charge in [0.15, 0.2) is 0 Å². The number of methoxy groups -OCH3 is 6. The van der Waals surface area contributed by atoms with Crippen molar-refractivity contribution in [3.63, 3.8) is 0 Å². The SMILES string of the molecule is CCCCNC.CCCNC.CCNCCSC.CCNCCSC.CNC1CCC(F)(F)C1.CNCC1CCCC1(F)F.CNCC1CCCC1F.CNCCSC.CNCCSC.COCCNCCOC.COCCNCCOC.COCCNCCOC.CSCCNCCSC.CSCCNCCSC. The third kappa shape index (κ3) is 151. The van der Waals surface area contributed by atoms with Gasteiger partial charge in [-0.25, -0.2) is 22.0 Å². The molecule has 0 spiro atoms. The number of rotatable bonds is 54. The number of ether oxygens (including phenoxy) is 6. The maximum Gasteiger partial charge on any atom is 0.252 e. The number of hydrogen-bond acceptors (Lipinski definition) is 28. The predicted octanol–water partition coefficient (Wildman–Crippen LogP) is 11.3. The molecule has 0 aromatic carbocycles. The Kier molecular flexibility index (Phi) is 164. The van der Waals surface area contributed by atoms with Crippen molar-refractivity contribution in [3.8, 4) is 0 Å². The van der Waals surface area contributed by atoms with E-state index in [-0.39, 0.29) is 25.3 Å². The molecule has 682 valence electrons. The van der Waals surface area contributed by atoms with Crippen LogP contribution in [-0.2, 0) is 28.4 Å². The van der Waals surface area contributed by atoms with Crippen LogP contribution in [0.2, 0.25) is 0 Å². The highest BCUT2D eigenvalue weighted by Gasteiger charge is 2.43. The zero-order valence-electron chi connectivity index (χ0n) is 75.4. The summed E-state index contributed by atoms with van der Waals surface area (Å²) in [5, 5.41) is 43.4. The monoisotopic (exact) mass is 1750 g/mol. The first-order valence-electron chi connectivity index (χ1n) is 40.0. The van der Waals surface area contributed by atoms with Crippen LogP contribution < -0.4 is 74.4 Å². The minimum atomic E-state index is -2.40. The van der Waals surface area contributed by atoms with Gasteiger partial charge in [0, 0.05) is 231 Å². The van der Waals surface area contributed by atoms with Gasteiger partial charge in [0.25, 0.3) is 5.92 Å². The summed E-state index contributed by atoms with van der Waals surface area (Å²) in [6.07, 6.45) is 25.4. The van der Waals surface area contributed by atoms with Crippen molar-refractivity contribution in [2.45, 2.75) is 129 Å². The first kappa shape index (κ1) is 135. The molecule has 33 heteroatoms. The van der Waals surface area contributed by atoms with Crippen molar-refractivity contribution in [1.82, 2.24) is 74.4 Å². The molecule has 3 fully saturated rings. The van der Waals surface area contributed by atoms with Gasteiger partial charge in [0.05, 0.1) is 39.6 Å². The minimum absolute atomic E-state index is 0.0174. The lowest BCUT2D eigenvalue weighted by atomic mass is 10.1. The molecule has 0 heterocycles. The Bertz CT molecular complexity index is 1290. The lowest BCUT2D eigenvalue weighted by molar-refractivity contribution is -0.0353. The van der Waals surface area contributed by atoms with Gasteiger partial charge in [-0.15, -0.1) is 0 Å². The molecule has 0 saturated heterocycles. The Morgan fingerprint density at radius 1 is 0.336 bits per heavy atom. The van der Waals surface area contributed by atoms with Crippen LogP contribution in [0.4, 0.5) is 22.0 Å². The summed E-state index contributed by atoms with van der Waals surface area (Å²) < 4.78 is 91.8. The zero-order chi connectivity index (χ0) is 85.6. The number of halogens is 5. The fourth-order valence-corrected chi connectivity index (χ4v) is 11.2. The van der Waals surface area contributed by atoms with Crippen LogP contribution in [0.25, 0.3) is 0 Å². The molecular formula is C77H185F5N14O6S8. The highest BCUT2D eigenvalue weighted by atomic mass is 32.2. The topological polar surface area (TPSA) is 224 Å². The van der Waals surface area contributed by atoms with Gasteiger partial charge >= 0.3 is 0 Å². The summed E-state index contributed by atoms with van der Waals surface area (Å²) in [7, 11) is 23.4. The highest BCUT2D eigenvalue weighted by molar-refractivity contribution is 8.00. The van der Waals surface area contributed by atoms with Crippen molar-refractivity contribution in [3.05, 3.63) is 0 Å². The predicted molar refractivity (Wildman–Crippen MR) is 505 cm³/mol. The van der Waals surface area contributed by atoms with E-state index in [1.165, 1.54) is 65.3 Å². The van der Waals surface area contributed by atoms with Crippen LogP contribution in [-0.4, -0.2) is 383 Å². The van der Waals surface area contributed by atoms with E-state index >= 15 is 0 Å². The molecule has 14 N–H and O–H groups in total. The van der Waals surface area contributed by atoms with Gasteiger partial charge in [-0.05, 0) is 171 Å². The van der Waals surface area contributed by atoms with Crippen LogP contribution in [0.1, 0.15) is 105 Å². The first-order chi connectivity index (χ1) is 53.2. The Labute approximate surface area is 713 Å². The molecule has 110 heavy (non-hydrogen) atoms. The molecular weight excluding hydrogens is 1570 g/mol. The number of unbranched alkanes of at least 4 members (excludes halogenated alkanes) is 1. The van der Waals surface area contributed by atoms with E-state index in [4.69, 9.17) is 28.4 Å². The summed E-state index contributed by atoms with van der Waals surface area (Å²) in [6, 6.07) is 0.0417. The van der Waals surface area contributed by atoms with E-state index < -0.39 is 23.9 Å². The van der Waals surface area contributed by atoms with Crippen LogP contribution >= 0.6 is 94.1 Å². The maximum absolute atomic E-state index is 12.8. The fraction of sp³-hybridized carbons (Fsp3) is 1.00. The maximum atomic E-state index is 12.8. The van der Waals surface area contributed by atoms with Gasteiger partial charge in [0.2, 0.25) is 5.92 Å². The van der Waals surface area contributed by atoms with Crippen LogP contribution in [0.3, 0.4) is 0 Å². The average Bonchev–Trinajstić information content (AvgIpc) is 1.73. The molecule has 20 nitrogen and oxygen atoms in total. The highest BCUT2D eigenvalue weighted by Crippen LogP contribution is 2.39. The quantitative estimate of drug-likeness (QED) is 0.0201. The van der Waals surface area contributed by atoms with E-state index in [1.807, 2.05) is 129 Å². The van der Waals surface area contributed by atoms with E-state index in [0.717, 1.165) is 183 Å². The summed E-state index contributed by atoms with van der Waals surface area (Å²) in [6.45, 7) is 33.6. The number of hydrogen-bond donors (Lipinski definition) is 14. The van der Waals surface area contributed by atoms with Gasteiger partial charge in [0.1, 0.15) is 6.17 Å². The first-order valence-corrected chi connectivity index (χ1v) is 51.1. The summed E-state index contributed by atoms with van der Waals surface area (Å²) in [5.74, 6) is 4.91. The lowest BCUT2D eigenvalue weighted by Gasteiger charge is -2.17. The Balaban J connectivity index is -0.000000107. The van der Waals surface area contributed by atoms with Crippen LogP contribution in [0.15, 0.2) is 0 Å². The molecule has 4 unspecified atom stereocenters. The Hall–Kier alpha value is 1.65. The second-order valence-electron chi connectivity index (χ2n) is 24.4. The van der Waals surface area contributed by atoms with E-state index in [9.17, 15) is 22.0 Å². The largest absolute Gasteiger partial charge is 0.383 e. The van der Waals surface area contributed by atoms with Crippen molar-refractivity contribution in [2.75, 3.05) is 359 Å². The van der Waals surface area contributed by atoms with Gasteiger partial charge in [-0.2, -0.15) is 94.1 Å². The fourth-order valence-electron chi connectivity index (χ4n) is 8.26. The van der Waals surface area contributed by atoms with Gasteiger partial charge in [-0.1, -0.05) is 40.5 Å².